The minimum Gasteiger partial charge on any atom is -0.376 e. The summed E-state index contributed by atoms with van der Waals surface area (Å²) in [7, 11) is 0. The predicted molar refractivity (Wildman–Crippen MR) is 62.1 cm³/mol. The summed E-state index contributed by atoms with van der Waals surface area (Å²) in [6.07, 6.45) is 7.04. The third kappa shape index (κ3) is 3.44. The maximum atomic E-state index is 5.67. The molecule has 0 aromatic heterocycles. The molecule has 0 amide bonds. The van der Waals surface area contributed by atoms with Gasteiger partial charge in [-0.3, -0.25) is 0 Å². The molecule has 2 fully saturated rings. The first-order chi connectivity index (χ1) is 7.29. The number of hydrogen-bond donors (Lipinski definition) is 2. The van der Waals surface area contributed by atoms with Gasteiger partial charge in [-0.25, -0.2) is 0 Å². The molecule has 3 heteroatoms. The van der Waals surface area contributed by atoms with Crippen molar-refractivity contribution in [1.82, 2.24) is 10.6 Å². The first kappa shape index (κ1) is 11.4. The molecule has 1 aliphatic heterocycles. The molecule has 3 nitrogen and oxygen atoms in total. The van der Waals surface area contributed by atoms with Gasteiger partial charge in [0.1, 0.15) is 0 Å². The second-order valence-electron chi connectivity index (χ2n) is 5.18. The SMILES string of the molecule is CC1(NCCC2CNCCO2)CCCC1. The van der Waals surface area contributed by atoms with Gasteiger partial charge in [-0.15, -0.1) is 0 Å². The summed E-state index contributed by atoms with van der Waals surface area (Å²) in [5, 5.41) is 7.07. The lowest BCUT2D eigenvalue weighted by Gasteiger charge is -2.28. The standard InChI is InChI=1S/C12H24N2O/c1-12(5-2-3-6-12)14-7-4-11-10-13-8-9-15-11/h11,13-14H,2-10H2,1H3. The Hall–Kier alpha value is -0.120. The van der Waals surface area contributed by atoms with Crippen LogP contribution in [0.3, 0.4) is 0 Å². The zero-order chi connectivity index (χ0) is 10.6. The van der Waals surface area contributed by atoms with Crippen LogP contribution in [-0.4, -0.2) is 37.9 Å². The first-order valence-electron chi connectivity index (χ1n) is 6.36. The lowest BCUT2D eigenvalue weighted by atomic mass is 10.0. The molecule has 1 saturated carbocycles. The molecule has 88 valence electrons. The molecule has 2 rings (SSSR count). The first-order valence-corrected chi connectivity index (χ1v) is 6.36. The van der Waals surface area contributed by atoms with Crippen LogP contribution in [0.5, 0.6) is 0 Å². The van der Waals surface area contributed by atoms with E-state index in [-0.39, 0.29) is 0 Å². The normalized spacial score (nSPS) is 30.6. The highest BCUT2D eigenvalue weighted by Crippen LogP contribution is 2.28. The molecular weight excluding hydrogens is 188 g/mol. The van der Waals surface area contributed by atoms with E-state index in [2.05, 4.69) is 17.6 Å². The van der Waals surface area contributed by atoms with Crippen molar-refractivity contribution in [2.24, 2.45) is 0 Å². The van der Waals surface area contributed by atoms with Gasteiger partial charge in [0.15, 0.2) is 0 Å². The number of ether oxygens (including phenoxy) is 1. The van der Waals surface area contributed by atoms with Crippen LogP contribution >= 0.6 is 0 Å². The average molecular weight is 212 g/mol. The number of hydrogen-bond acceptors (Lipinski definition) is 3. The summed E-state index contributed by atoms with van der Waals surface area (Å²) in [6, 6.07) is 0. The highest BCUT2D eigenvalue weighted by Gasteiger charge is 2.27. The van der Waals surface area contributed by atoms with Gasteiger partial charge in [-0.05, 0) is 32.7 Å². The van der Waals surface area contributed by atoms with Crippen molar-refractivity contribution in [1.29, 1.82) is 0 Å². The summed E-state index contributed by atoms with van der Waals surface area (Å²) in [5.41, 5.74) is 0.419. The van der Waals surface area contributed by atoms with Crippen LogP contribution in [0.15, 0.2) is 0 Å². The van der Waals surface area contributed by atoms with E-state index in [1.54, 1.807) is 0 Å². The molecule has 0 aromatic carbocycles. The molecule has 0 spiro atoms. The van der Waals surface area contributed by atoms with E-state index in [0.717, 1.165) is 32.7 Å². The van der Waals surface area contributed by atoms with Crippen LogP contribution < -0.4 is 10.6 Å². The number of nitrogens with one attached hydrogen (secondary N) is 2. The minimum absolute atomic E-state index is 0.419. The molecule has 15 heavy (non-hydrogen) atoms. The van der Waals surface area contributed by atoms with E-state index in [0.29, 0.717) is 11.6 Å². The Morgan fingerprint density at radius 3 is 2.87 bits per heavy atom. The Kier molecular flexibility index (Phi) is 4.00. The minimum atomic E-state index is 0.419. The molecule has 1 unspecified atom stereocenters. The fourth-order valence-electron chi connectivity index (χ4n) is 2.67. The van der Waals surface area contributed by atoms with Gasteiger partial charge in [0, 0.05) is 18.6 Å². The van der Waals surface area contributed by atoms with Crippen LogP contribution in [0.25, 0.3) is 0 Å². The van der Waals surface area contributed by atoms with Crippen LogP contribution in [0.1, 0.15) is 39.0 Å². The van der Waals surface area contributed by atoms with Gasteiger partial charge >= 0.3 is 0 Å². The fourth-order valence-corrected chi connectivity index (χ4v) is 2.67. The maximum Gasteiger partial charge on any atom is 0.0712 e. The molecule has 2 N–H and O–H groups in total. The zero-order valence-corrected chi connectivity index (χ0v) is 9.85. The third-order valence-electron chi connectivity index (χ3n) is 3.73. The van der Waals surface area contributed by atoms with E-state index in [1.165, 1.54) is 25.7 Å². The van der Waals surface area contributed by atoms with E-state index in [4.69, 9.17) is 4.74 Å². The summed E-state index contributed by atoms with van der Waals surface area (Å²) < 4.78 is 5.67. The third-order valence-corrected chi connectivity index (χ3v) is 3.73. The van der Waals surface area contributed by atoms with E-state index in [1.807, 2.05) is 0 Å². The maximum absolute atomic E-state index is 5.67. The van der Waals surface area contributed by atoms with Crippen molar-refractivity contribution >= 4 is 0 Å². The summed E-state index contributed by atoms with van der Waals surface area (Å²) >= 11 is 0. The lowest BCUT2D eigenvalue weighted by Crippen LogP contribution is -2.44. The molecule has 1 atom stereocenters. The molecule has 0 radical (unpaired) electrons. The largest absolute Gasteiger partial charge is 0.376 e. The highest BCUT2D eigenvalue weighted by molar-refractivity contribution is 4.88. The van der Waals surface area contributed by atoms with Crippen LogP contribution in [-0.2, 0) is 4.74 Å². The fraction of sp³-hybridized carbons (Fsp3) is 1.00. The van der Waals surface area contributed by atoms with Gasteiger partial charge < -0.3 is 15.4 Å². The number of morpholine rings is 1. The van der Waals surface area contributed by atoms with Crippen molar-refractivity contribution in [3.8, 4) is 0 Å². The summed E-state index contributed by atoms with van der Waals surface area (Å²) in [5.74, 6) is 0. The lowest BCUT2D eigenvalue weighted by molar-refractivity contribution is 0.0228. The molecule has 0 aromatic rings. The van der Waals surface area contributed by atoms with E-state index >= 15 is 0 Å². The van der Waals surface area contributed by atoms with E-state index < -0.39 is 0 Å². The Balaban J connectivity index is 1.61. The van der Waals surface area contributed by atoms with Crippen molar-refractivity contribution in [3.05, 3.63) is 0 Å². The zero-order valence-electron chi connectivity index (χ0n) is 9.85. The van der Waals surface area contributed by atoms with Gasteiger partial charge in [-0.1, -0.05) is 12.8 Å². The van der Waals surface area contributed by atoms with Gasteiger partial charge in [-0.2, -0.15) is 0 Å². The second-order valence-corrected chi connectivity index (χ2v) is 5.18. The second kappa shape index (κ2) is 5.28. The van der Waals surface area contributed by atoms with Crippen LogP contribution in [0.2, 0.25) is 0 Å². The van der Waals surface area contributed by atoms with E-state index in [9.17, 15) is 0 Å². The van der Waals surface area contributed by atoms with Gasteiger partial charge in [0.2, 0.25) is 0 Å². The average Bonchev–Trinajstić information content (AvgIpc) is 2.67. The number of rotatable bonds is 4. The van der Waals surface area contributed by atoms with Gasteiger partial charge in [0.25, 0.3) is 0 Å². The highest BCUT2D eigenvalue weighted by atomic mass is 16.5. The molecular formula is C12H24N2O. The van der Waals surface area contributed by atoms with Crippen molar-refractivity contribution in [2.75, 3.05) is 26.2 Å². The molecule has 1 heterocycles. The topological polar surface area (TPSA) is 33.3 Å². The Bertz CT molecular complexity index is 184. The molecule has 1 saturated heterocycles. The van der Waals surface area contributed by atoms with Gasteiger partial charge in [0.05, 0.1) is 12.7 Å². The smallest absolute Gasteiger partial charge is 0.0712 e. The van der Waals surface area contributed by atoms with Crippen molar-refractivity contribution in [3.63, 3.8) is 0 Å². The Labute approximate surface area is 93.0 Å². The van der Waals surface area contributed by atoms with Crippen LogP contribution in [0, 0.1) is 0 Å². The Morgan fingerprint density at radius 2 is 2.20 bits per heavy atom. The monoisotopic (exact) mass is 212 g/mol. The molecule has 2 aliphatic rings. The summed E-state index contributed by atoms with van der Waals surface area (Å²) in [4.78, 5) is 0. The molecule has 0 bridgehead atoms. The quantitative estimate of drug-likeness (QED) is 0.736. The molecule has 1 aliphatic carbocycles. The Morgan fingerprint density at radius 1 is 1.40 bits per heavy atom. The predicted octanol–water partition coefficient (Wildman–Crippen LogP) is 1.29. The van der Waals surface area contributed by atoms with Crippen LogP contribution in [0.4, 0.5) is 0 Å². The summed E-state index contributed by atoms with van der Waals surface area (Å²) in [6.45, 7) is 6.38. The van der Waals surface area contributed by atoms with Crippen molar-refractivity contribution in [2.45, 2.75) is 50.7 Å². The van der Waals surface area contributed by atoms with Crippen molar-refractivity contribution < 1.29 is 4.74 Å².